The largest absolute Gasteiger partial charge is 0.352 e. The second-order valence-electron chi connectivity index (χ2n) is 4.00. The number of hydrogen-bond donors (Lipinski definition) is 1. The van der Waals surface area contributed by atoms with Crippen LogP contribution in [-0.2, 0) is 11.2 Å². The Morgan fingerprint density at radius 3 is 2.60 bits per heavy atom. The Morgan fingerprint density at radius 2 is 1.95 bits per heavy atom. The van der Waals surface area contributed by atoms with Crippen LogP contribution < -0.4 is 5.32 Å². The van der Waals surface area contributed by atoms with Crippen molar-refractivity contribution in [3.8, 4) is 11.3 Å². The molecule has 0 bridgehead atoms. The van der Waals surface area contributed by atoms with Gasteiger partial charge in [-0.2, -0.15) is 0 Å². The van der Waals surface area contributed by atoms with Gasteiger partial charge in [-0.3, -0.25) is 4.79 Å². The minimum atomic E-state index is -1.92. The van der Waals surface area contributed by atoms with Gasteiger partial charge in [-0.1, -0.05) is 65.1 Å². The van der Waals surface area contributed by atoms with Crippen LogP contribution in [0.3, 0.4) is 0 Å². The molecule has 0 aliphatic heterocycles. The molecule has 1 aromatic carbocycles. The third-order valence-corrected chi connectivity index (χ3v) is 3.93. The SMILES string of the molecule is O=C(NCCc1nc(-c2ccccc2)cs1)C(Cl)(Cl)Cl. The molecule has 0 saturated heterocycles. The molecule has 7 heteroatoms. The summed E-state index contributed by atoms with van der Waals surface area (Å²) in [5.41, 5.74) is 2.00. The monoisotopic (exact) mass is 348 g/mol. The van der Waals surface area contributed by atoms with E-state index in [1.165, 1.54) is 0 Å². The van der Waals surface area contributed by atoms with Gasteiger partial charge in [0.05, 0.1) is 10.7 Å². The minimum absolute atomic E-state index is 0.383. The maximum Gasteiger partial charge on any atom is 0.272 e. The molecule has 0 saturated carbocycles. The van der Waals surface area contributed by atoms with Crippen LogP contribution in [0.5, 0.6) is 0 Å². The second kappa shape index (κ2) is 6.76. The Kier molecular flexibility index (Phi) is 5.27. The first-order valence-electron chi connectivity index (χ1n) is 5.81. The van der Waals surface area contributed by atoms with E-state index in [2.05, 4.69) is 10.3 Å². The molecular formula is C13H11Cl3N2OS. The number of amides is 1. The molecule has 2 rings (SSSR count). The van der Waals surface area contributed by atoms with Gasteiger partial charge in [-0.15, -0.1) is 11.3 Å². The topological polar surface area (TPSA) is 42.0 Å². The Morgan fingerprint density at radius 1 is 1.25 bits per heavy atom. The summed E-state index contributed by atoms with van der Waals surface area (Å²) < 4.78 is -1.92. The molecule has 0 radical (unpaired) electrons. The average molecular weight is 350 g/mol. The van der Waals surface area contributed by atoms with Gasteiger partial charge >= 0.3 is 0 Å². The van der Waals surface area contributed by atoms with Crippen LogP contribution >= 0.6 is 46.1 Å². The lowest BCUT2D eigenvalue weighted by Gasteiger charge is -2.10. The van der Waals surface area contributed by atoms with Crippen molar-refractivity contribution in [2.24, 2.45) is 0 Å². The maximum absolute atomic E-state index is 11.4. The molecule has 1 heterocycles. The first-order valence-corrected chi connectivity index (χ1v) is 7.83. The van der Waals surface area contributed by atoms with Gasteiger partial charge in [-0.05, 0) is 0 Å². The van der Waals surface area contributed by atoms with Crippen LogP contribution in [0.1, 0.15) is 5.01 Å². The normalized spacial score (nSPS) is 11.3. The Balaban J connectivity index is 1.90. The number of nitrogens with zero attached hydrogens (tertiary/aromatic N) is 1. The number of alkyl halides is 3. The maximum atomic E-state index is 11.4. The minimum Gasteiger partial charge on any atom is -0.352 e. The third-order valence-electron chi connectivity index (χ3n) is 2.50. The van der Waals surface area contributed by atoms with Gasteiger partial charge in [0.15, 0.2) is 0 Å². The van der Waals surface area contributed by atoms with Gasteiger partial charge in [0.1, 0.15) is 0 Å². The van der Waals surface area contributed by atoms with Gasteiger partial charge in [0.25, 0.3) is 9.70 Å². The van der Waals surface area contributed by atoms with Crippen molar-refractivity contribution >= 4 is 52.0 Å². The number of carbonyl (C=O) groups excluding carboxylic acids is 1. The lowest BCUT2D eigenvalue weighted by Crippen LogP contribution is -2.35. The Hall–Kier alpha value is -0.810. The third kappa shape index (κ3) is 4.35. The van der Waals surface area contributed by atoms with E-state index in [4.69, 9.17) is 34.8 Å². The first kappa shape index (κ1) is 15.6. The van der Waals surface area contributed by atoms with Crippen molar-refractivity contribution in [2.75, 3.05) is 6.54 Å². The number of halogens is 3. The van der Waals surface area contributed by atoms with Crippen LogP contribution in [0.15, 0.2) is 35.7 Å². The molecule has 20 heavy (non-hydrogen) atoms. The lowest BCUT2D eigenvalue weighted by atomic mass is 10.2. The fraction of sp³-hybridized carbons (Fsp3) is 0.231. The molecule has 0 aliphatic rings. The van der Waals surface area contributed by atoms with E-state index in [0.717, 1.165) is 16.3 Å². The number of thiazole rings is 1. The van der Waals surface area contributed by atoms with Gasteiger partial charge in [-0.25, -0.2) is 4.98 Å². The summed E-state index contributed by atoms with van der Waals surface area (Å²) in [6.07, 6.45) is 0.601. The van der Waals surface area contributed by atoms with Crippen LogP contribution in [0.25, 0.3) is 11.3 Å². The molecule has 1 amide bonds. The van der Waals surface area contributed by atoms with Crippen LogP contribution in [-0.4, -0.2) is 21.2 Å². The summed E-state index contributed by atoms with van der Waals surface area (Å²) in [6.45, 7) is 0.383. The number of benzene rings is 1. The van der Waals surface area contributed by atoms with E-state index in [1.54, 1.807) is 11.3 Å². The number of hydrogen-bond acceptors (Lipinski definition) is 3. The number of rotatable bonds is 4. The predicted molar refractivity (Wildman–Crippen MR) is 84.6 cm³/mol. The summed E-state index contributed by atoms with van der Waals surface area (Å²) in [6, 6.07) is 9.90. The highest BCUT2D eigenvalue weighted by Gasteiger charge is 2.29. The van der Waals surface area contributed by atoms with E-state index < -0.39 is 9.70 Å². The van der Waals surface area contributed by atoms with Crippen LogP contribution in [0.4, 0.5) is 0 Å². The standard InChI is InChI=1S/C13H11Cl3N2OS/c14-13(15,16)12(19)17-7-6-11-18-10(8-20-11)9-4-2-1-3-5-9/h1-5,8H,6-7H2,(H,17,19). The smallest absolute Gasteiger partial charge is 0.272 e. The highest BCUT2D eigenvalue weighted by molar-refractivity contribution is 7.09. The Bertz CT molecular complexity index is 581. The van der Waals surface area contributed by atoms with E-state index in [-0.39, 0.29) is 0 Å². The van der Waals surface area contributed by atoms with Crippen molar-refractivity contribution < 1.29 is 4.79 Å². The summed E-state index contributed by atoms with van der Waals surface area (Å²) >= 11 is 17.9. The zero-order valence-electron chi connectivity index (χ0n) is 10.3. The molecule has 0 unspecified atom stereocenters. The quantitative estimate of drug-likeness (QED) is 0.852. The molecule has 0 fully saturated rings. The molecule has 0 spiro atoms. The second-order valence-corrected chi connectivity index (χ2v) is 7.22. The number of nitrogens with one attached hydrogen (secondary N) is 1. The van der Waals surface area contributed by atoms with Crippen molar-refractivity contribution in [2.45, 2.75) is 10.2 Å². The predicted octanol–water partition coefficient (Wildman–Crippen LogP) is 3.84. The first-order chi connectivity index (χ1) is 9.47. The summed E-state index contributed by atoms with van der Waals surface area (Å²) in [5.74, 6) is -0.623. The summed E-state index contributed by atoms with van der Waals surface area (Å²) in [5, 5.41) is 5.46. The molecular weight excluding hydrogens is 339 g/mol. The summed E-state index contributed by atoms with van der Waals surface area (Å²) in [7, 11) is 0. The molecule has 0 atom stereocenters. The molecule has 1 N–H and O–H groups in total. The number of carbonyl (C=O) groups is 1. The molecule has 0 aliphatic carbocycles. The van der Waals surface area contributed by atoms with Crippen molar-refractivity contribution in [3.63, 3.8) is 0 Å². The Labute approximate surface area is 135 Å². The molecule has 1 aromatic heterocycles. The molecule has 106 valence electrons. The van der Waals surface area contributed by atoms with Crippen molar-refractivity contribution in [1.82, 2.24) is 10.3 Å². The highest BCUT2D eigenvalue weighted by atomic mass is 35.6. The number of aromatic nitrogens is 1. The lowest BCUT2D eigenvalue weighted by molar-refractivity contribution is -0.120. The fourth-order valence-electron chi connectivity index (χ4n) is 1.55. The fourth-order valence-corrected chi connectivity index (χ4v) is 2.56. The van der Waals surface area contributed by atoms with Gasteiger partial charge in [0, 0.05) is 23.9 Å². The zero-order valence-corrected chi connectivity index (χ0v) is 13.4. The zero-order chi connectivity index (χ0) is 14.6. The van der Waals surface area contributed by atoms with Crippen molar-refractivity contribution in [3.05, 3.63) is 40.7 Å². The van der Waals surface area contributed by atoms with Crippen LogP contribution in [0.2, 0.25) is 0 Å². The van der Waals surface area contributed by atoms with Gasteiger partial charge < -0.3 is 5.32 Å². The van der Waals surface area contributed by atoms with Crippen LogP contribution in [0, 0.1) is 0 Å². The van der Waals surface area contributed by atoms with Gasteiger partial charge in [0.2, 0.25) is 0 Å². The average Bonchev–Trinajstić information content (AvgIpc) is 2.87. The molecule has 2 aromatic rings. The van der Waals surface area contributed by atoms with E-state index >= 15 is 0 Å². The summed E-state index contributed by atoms with van der Waals surface area (Å²) in [4.78, 5) is 15.9. The van der Waals surface area contributed by atoms with Crippen molar-refractivity contribution in [1.29, 1.82) is 0 Å². The van der Waals surface area contributed by atoms with E-state index in [0.29, 0.717) is 13.0 Å². The highest BCUT2D eigenvalue weighted by Crippen LogP contribution is 2.26. The molecule has 3 nitrogen and oxygen atoms in total. The van der Waals surface area contributed by atoms with E-state index in [1.807, 2.05) is 35.7 Å². The van der Waals surface area contributed by atoms with E-state index in [9.17, 15) is 4.79 Å².